The molecule has 1 N–H and O–H groups in total. The van der Waals surface area contributed by atoms with Gasteiger partial charge < -0.3 is 14.6 Å². The van der Waals surface area contributed by atoms with Crippen LogP contribution in [-0.4, -0.2) is 25.4 Å². The van der Waals surface area contributed by atoms with Crippen LogP contribution in [-0.2, 0) is 16.1 Å². The molecule has 0 bridgehead atoms. The summed E-state index contributed by atoms with van der Waals surface area (Å²) in [5.41, 5.74) is 1.05. The summed E-state index contributed by atoms with van der Waals surface area (Å²) in [7, 11) is 1.64. The molecule has 0 saturated carbocycles. The number of aromatic hydroxyl groups is 1. The predicted octanol–water partition coefficient (Wildman–Crippen LogP) is 1.56. The van der Waals surface area contributed by atoms with Gasteiger partial charge in [0.25, 0.3) is 0 Å². The first kappa shape index (κ1) is 10.0. The van der Waals surface area contributed by atoms with Gasteiger partial charge >= 0.3 is 0 Å². The van der Waals surface area contributed by atoms with Crippen LogP contribution in [0.3, 0.4) is 0 Å². The smallest absolute Gasteiger partial charge is 0.115 e. The van der Waals surface area contributed by atoms with Crippen LogP contribution in [0.5, 0.6) is 5.75 Å². The van der Waals surface area contributed by atoms with Crippen molar-refractivity contribution in [3.63, 3.8) is 0 Å². The minimum absolute atomic E-state index is 0.278. The second-order valence-corrected chi connectivity index (χ2v) is 2.71. The van der Waals surface area contributed by atoms with Crippen molar-refractivity contribution in [1.29, 1.82) is 0 Å². The number of hydrogen-bond acceptors (Lipinski definition) is 3. The summed E-state index contributed by atoms with van der Waals surface area (Å²) in [6, 6.07) is 6.97. The van der Waals surface area contributed by atoms with Gasteiger partial charge in [-0.05, 0) is 17.7 Å². The highest BCUT2D eigenvalue weighted by molar-refractivity contribution is 5.25. The van der Waals surface area contributed by atoms with Crippen molar-refractivity contribution in [2.45, 2.75) is 6.61 Å². The molecule has 0 aliphatic carbocycles. The highest BCUT2D eigenvalue weighted by Crippen LogP contribution is 2.09. The molecule has 0 unspecified atom stereocenters. The summed E-state index contributed by atoms with van der Waals surface area (Å²) >= 11 is 0. The number of methoxy groups -OCH3 is 1. The number of rotatable bonds is 5. The van der Waals surface area contributed by atoms with Crippen molar-refractivity contribution >= 4 is 0 Å². The molecule has 0 radical (unpaired) electrons. The lowest BCUT2D eigenvalue weighted by atomic mass is 10.2. The zero-order chi connectivity index (χ0) is 9.52. The number of ether oxygens (including phenoxy) is 2. The van der Waals surface area contributed by atoms with E-state index in [-0.39, 0.29) is 5.75 Å². The highest BCUT2D eigenvalue weighted by Gasteiger charge is 1.93. The summed E-state index contributed by atoms with van der Waals surface area (Å²) in [5, 5.41) is 9.01. The Morgan fingerprint density at radius 2 is 1.85 bits per heavy atom. The number of hydrogen-bond donors (Lipinski definition) is 1. The molecule has 1 rings (SSSR count). The van der Waals surface area contributed by atoms with E-state index in [1.807, 2.05) is 12.1 Å². The van der Waals surface area contributed by atoms with Gasteiger partial charge in [-0.2, -0.15) is 0 Å². The van der Waals surface area contributed by atoms with Gasteiger partial charge in [-0.3, -0.25) is 0 Å². The molecule has 3 heteroatoms. The normalized spacial score (nSPS) is 10.2. The zero-order valence-corrected chi connectivity index (χ0v) is 7.69. The van der Waals surface area contributed by atoms with Crippen LogP contribution in [0.25, 0.3) is 0 Å². The Morgan fingerprint density at radius 3 is 2.46 bits per heavy atom. The van der Waals surface area contributed by atoms with E-state index < -0.39 is 0 Å². The SMILES string of the molecule is COCCOCc1ccc(O)cc1. The van der Waals surface area contributed by atoms with Crippen LogP contribution in [0.2, 0.25) is 0 Å². The Kier molecular flexibility index (Phi) is 4.29. The van der Waals surface area contributed by atoms with E-state index in [4.69, 9.17) is 14.6 Å². The fraction of sp³-hybridized carbons (Fsp3) is 0.400. The molecule has 0 aliphatic heterocycles. The molecule has 0 aromatic heterocycles. The predicted molar refractivity (Wildman–Crippen MR) is 49.6 cm³/mol. The molecule has 13 heavy (non-hydrogen) atoms. The van der Waals surface area contributed by atoms with Gasteiger partial charge in [0.2, 0.25) is 0 Å². The summed E-state index contributed by atoms with van der Waals surface area (Å²) in [5.74, 6) is 0.278. The zero-order valence-electron chi connectivity index (χ0n) is 7.69. The highest BCUT2D eigenvalue weighted by atomic mass is 16.5. The Morgan fingerprint density at radius 1 is 1.15 bits per heavy atom. The third kappa shape index (κ3) is 3.92. The number of phenolic OH excluding ortho intramolecular Hbond substituents is 1. The molecule has 0 spiro atoms. The lowest BCUT2D eigenvalue weighted by molar-refractivity contribution is 0.0616. The van der Waals surface area contributed by atoms with E-state index in [0.717, 1.165) is 5.56 Å². The summed E-state index contributed by atoms with van der Waals surface area (Å²) in [6.45, 7) is 1.76. The monoisotopic (exact) mass is 182 g/mol. The average molecular weight is 182 g/mol. The Bertz CT molecular complexity index is 230. The minimum Gasteiger partial charge on any atom is -0.508 e. The molecule has 0 fully saturated rings. The maximum Gasteiger partial charge on any atom is 0.115 e. The lowest BCUT2D eigenvalue weighted by Gasteiger charge is -2.03. The van der Waals surface area contributed by atoms with Crippen molar-refractivity contribution in [2.75, 3.05) is 20.3 Å². The summed E-state index contributed by atoms with van der Waals surface area (Å²) in [6.07, 6.45) is 0. The van der Waals surface area contributed by atoms with Gasteiger partial charge in [-0.25, -0.2) is 0 Å². The first-order chi connectivity index (χ1) is 6.33. The second kappa shape index (κ2) is 5.56. The first-order valence-electron chi connectivity index (χ1n) is 4.17. The maximum atomic E-state index is 9.01. The fourth-order valence-corrected chi connectivity index (χ4v) is 0.924. The summed E-state index contributed by atoms with van der Waals surface area (Å²) < 4.78 is 10.1. The van der Waals surface area contributed by atoms with Gasteiger partial charge in [-0.15, -0.1) is 0 Å². The third-order valence-corrected chi connectivity index (χ3v) is 1.64. The number of phenols is 1. The maximum absolute atomic E-state index is 9.01. The van der Waals surface area contributed by atoms with E-state index in [1.165, 1.54) is 0 Å². The van der Waals surface area contributed by atoms with Crippen molar-refractivity contribution in [1.82, 2.24) is 0 Å². The van der Waals surface area contributed by atoms with Crippen LogP contribution in [0.15, 0.2) is 24.3 Å². The van der Waals surface area contributed by atoms with Gasteiger partial charge in [0, 0.05) is 7.11 Å². The Hall–Kier alpha value is -1.06. The average Bonchev–Trinajstić information content (AvgIpc) is 2.15. The Labute approximate surface area is 77.9 Å². The van der Waals surface area contributed by atoms with Gasteiger partial charge in [0.05, 0.1) is 19.8 Å². The molecule has 1 aromatic carbocycles. The molecular formula is C10H14O3. The van der Waals surface area contributed by atoms with Crippen LogP contribution >= 0.6 is 0 Å². The molecular weight excluding hydrogens is 168 g/mol. The van der Waals surface area contributed by atoms with E-state index in [0.29, 0.717) is 19.8 Å². The quantitative estimate of drug-likeness (QED) is 0.702. The van der Waals surface area contributed by atoms with Gasteiger partial charge in [-0.1, -0.05) is 12.1 Å². The molecule has 3 nitrogen and oxygen atoms in total. The molecule has 72 valence electrons. The minimum atomic E-state index is 0.278. The van der Waals surface area contributed by atoms with Gasteiger partial charge in [0.1, 0.15) is 5.75 Å². The molecule has 0 amide bonds. The van der Waals surface area contributed by atoms with Crippen molar-refractivity contribution < 1.29 is 14.6 Å². The van der Waals surface area contributed by atoms with Crippen molar-refractivity contribution in [2.24, 2.45) is 0 Å². The van der Waals surface area contributed by atoms with Crippen molar-refractivity contribution in [3.05, 3.63) is 29.8 Å². The topological polar surface area (TPSA) is 38.7 Å². The van der Waals surface area contributed by atoms with Crippen LogP contribution < -0.4 is 0 Å². The van der Waals surface area contributed by atoms with Crippen LogP contribution in [0.4, 0.5) is 0 Å². The van der Waals surface area contributed by atoms with E-state index in [9.17, 15) is 0 Å². The third-order valence-electron chi connectivity index (χ3n) is 1.64. The van der Waals surface area contributed by atoms with E-state index >= 15 is 0 Å². The van der Waals surface area contributed by atoms with Crippen LogP contribution in [0, 0.1) is 0 Å². The molecule has 0 atom stereocenters. The number of benzene rings is 1. The van der Waals surface area contributed by atoms with Crippen LogP contribution in [0.1, 0.15) is 5.56 Å². The van der Waals surface area contributed by atoms with E-state index in [1.54, 1.807) is 19.2 Å². The van der Waals surface area contributed by atoms with Gasteiger partial charge in [0.15, 0.2) is 0 Å². The van der Waals surface area contributed by atoms with Crippen molar-refractivity contribution in [3.8, 4) is 5.75 Å². The first-order valence-corrected chi connectivity index (χ1v) is 4.17. The molecule has 0 aliphatic rings. The molecule has 1 aromatic rings. The second-order valence-electron chi connectivity index (χ2n) is 2.71. The summed E-state index contributed by atoms with van der Waals surface area (Å²) in [4.78, 5) is 0. The Balaban J connectivity index is 2.25. The molecule has 0 saturated heterocycles. The standard InChI is InChI=1S/C10H14O3/c1-12-6-7-13-8-9-2-4-10(11)5-3-9/h2-5,11H,6-8H2,1H3. The fourth-order valence-electron chi connectivity index (χ4n) is 0.924. The lowest BCUT2D eigenvalue weighted by Crippen LogP contribution is -2.01. The largest absolute Gasteiger partial charge is 0.508 e. The molecule has 0 heterocycles. The van der Waals surface area contributed by atoms with E-state index in [2.05, 4.69) is 0 Å².